The summed E-state index contributed by atoms with van der Waals surface area (Å²) in [6.07, 6.45) is 1.41. The predicted molar refractivity (Wildman–Crippen MR) is 112 cm³/mol. The van der Waals surface area contributed by atoms with Crippen molar-refractivity contribution in [3.05, 3.63) is 75.8 Å². The van der Waals surface area contributed by atoms with Crippen LogP contribution >= 0.6 is 15.9 Å². The van der Waals surface area contributed by atoms with E-state index in [1.54, 1.807) is 18.2 Å². The van der Waals surface area contributed by atoms with E-state index in [4.69, 9.17) is 20.5 Å². The summed E-state index contributed by atoms with van der Waals surface area (Å²) in [4.78, 5) is 11.3. The average molecular weight is 437 g/mol. The summed E-state index contributed by atoms with van der Waals surface area (Å²) in [6, 6.07) is 19.4. The number of carbonyl (C=O) groups excluding carboxylic acids is 1. The molecule has 2 N–H and O–H groups in total. The molecule has 0 aliphatic carbocycles. The van der Waals surface area contributed by atoms with Crippen molar-refractivity contribution in [1.29, 1.82) is 5.26 Å². The lowest BCUT2D eigenvalue weighted by molar-refractivity contribution is -0.114. The van der Waals surface area contributed by atoms with Gasteiger partial charge in [0.1, 0.15) is 18.2 Å². The molecule has 0 radical (unpaired) electrons. The Bertz CT molecular complexity index is 1110. The Morgan fingerprint density at radius 2 is 1.96 bits per heavy atom. The first-order valence-corrected chi connectivity index (χ1v) is 9.21. The molecule has 0 atom stereocenters. The smallest absolute Gasteiger partial charge is 0.259 e. The van der Waals surface area contributed by atoms with E-state index in [9.17, 15) is 4.79 Å². The summed E-state index contributed by atoms with van der Waals surface area (Å²) in [5.41, 5.74) is 6.70. The van der Waals surface area contributed by atoms with E-state index >= 15 is 0 Å². The Labute approximate surface area is 171 Å². The normalized spacial score (nSPS) is 11.1. The zero-order chi connectivity index (χ0) is 20.1. The number of methoxy groups -OCH3 is 1. The number of ether oxygens (including phenoxy) is 2. The zero-order valence-electron chi connectivity index (χ0n) is 15.1. The molecule has 3 rings (SSSR count). The lowest BCUT2D eigenvalue weighted by Gasteiger charge is -2.14. The SMILES string of the molecule is COc1cc(/C=C(/C#N)C(N)=O)cc(Br)c1OCc1cccc2ccccc12. The maximum Gasteiger partial charge on any atom is 0.259 e. The number of carbonyl (C=O) groups is 1. The Kier molecular flexibility index (Phi) is 5.97. The third-order valence-electron chi connectivity index (χ3n) is 4.20. The van der Waals surface area contributed by atoms with Gasteiger partial charge >= 0.3 is 0 Å². The number of hydrogen-bond donors (Lipinski definition) is 1. The summed E-state index contributed by atoms with van der Waals surface area (Å²) in [5.74, 6) is 0.224. The van der Waals surface area contributed by atoms with Gasteiger partial charge in [-0.15, -0.1) is 0 Å². The summed E-state index contributed by atoms with van der Waals surface area (Å²) in [7, 11) is 1.53. The van der Waals surface area contributed by atoms with Gasteiger partial charge in [0.2, 0.25) is 0 Å². The maximum absolute atomic E-state index is 11.3. The second-order valence-corrected chi connectivity index (χ2v) is 6.85. The minimum absolute atomic E-state index is 0.140. The lowest BCUT2D eigenvalue weighted by Crippen LogP contribution is -2.12. The number of nitriles is 1. The summed E-state index contributed by atoms with van der Waals surface area (Å²) in [6.45, 7) is 0.357. The fourth-order valence-corrected chi connectivity index (χ4v) is 3.43. The van der Waals surface area contributed by atoms with Gasteiger partial charge in [-0.2, -0.15) is 5.26 Å². The van der Waals surface area contributed by atoms with E-state index in [2.05, 4.69) is 34.1 Å². The molecule has 0 aliphatic heterocycles. The number of primary amides is 1. The van der Waals surface area contributed by atoms with Crippen LogP contribution < -0.4 is 15.2 Å². The summed E-state index contributed by atoms with van der Waals surface area (Å²) in [5, 5.41) is 11.3. The average Bonchev–Trinajstić information content (AvgIpc) is 2.70. The number of rotatable bonds is 6. The van der Waals surface area contributed by atoms with Crippen LogP contribution in [0.1, 0.15) is 11.1 Å². The van der Waals surface area contributed by atoms with Gasteiger partial charge in [-0.25, -0.2) is 0 Å². The van der Waals surface area contributed by atoms with Gasteiger partial charge in [-0.05, 0) is 56.0 Å². The lowest BCUT2D eigenvalue weighted by atomic mass is 10.1. The second-order valence-electron chi connectivity index (χ2n) is 6.00. The molecule has 0 unspecified atom stereocenters. The fourth-order valence-electron chi connectivity index (χ4n) is 2.86. The topological polar surface area (TPSA) is 85.3 Å². The first kappa shape index (κ1) is 19.5. The molecule has 0 saturated carbocycles. The standard InChI is InChI=1S/C22H17BrN2O3/c1-27-20-11-14(9-17(12-24)22(25)26)10-19(23)21(20)28-13-16-7-4-6-15-5-2-3-8-18(15)16/h2-11H,13H2,1H3,(H2,25,26)/b17-9-. The van der Waals surface area contributed by atoms with Crippen LogP contribution in [0.15, 0.2) is 64.6 Å². The first-order valence-electron chi connectivity index (χ1n) is 8.42. The molecule has 6 heteroatoms. The molecule has 0 aromatic heterocycles. The van der Waals surface area contributed by atoms with Crippen LogP contribution in [0.2, 0.25) is 0 Å². The van der Waals surface area contributed by atoms with Crippen molar-refractivity contribution in [3.63, 3.8) is 0 Å². The second kappa shape index (κ2) is 8.59. The number of benzene rings is 3. The van der Waals surface area contributed by atoms with Crippen molar-refractivity contribution in [3.8, 4) is 17.6 Å². The molecular formula is C22H17BrN2O3. The Balaban J connectivity index is 1.92. The van der Waals surface area contributed by atoms with Gasteiger partial charge in [-0.3, -0.25) is 4.79 Å². The maximum atomic E-state index is 11.3. The molecule has 0 saturated heterocycles. The highest BCUT2D eigenvalue weighted by Gasteiger charge is 2.13. The van der Waals surface area contributed by atoms with Gasteiger partial charge in [0, 0.05) is 0 Å². The number of hydrogen-bond acceptors (Lipinski definition) is 4. The molecule has 28 heavy (non-hydrogen) atoms. The Morgan fingerprint density at radius 1 is 1.21 bits per heavy atom. The third kappa shape index (κ3) is 4.16. The van der Waals surface area contributed by atoms with Crippen LogP contribution in [-0.4, -0.2) is 13.0 Å². The van der Waals surface area contributed by atoms with E-state index in [1.807, 2.05) is 24.3 Å². The molecular weight excluding hydrogens is 420 g/mol. The number of nitrogens with zero attached hydrogens (tertiary/aromatic N) is 1. The van der Waals surface area contributed by atoms with Crippen LogP contribution in [0.4, 0.5) is 0 Å². The molecule has 5 nitrogen and oxygen atoms in total. The third-order valence-corrected chi connectivity index (χ3v) is 4.79. The molecule has 0 bridgehead atoms. The molecule has 0 aliphatic rings. The van der Waals surface area contributed by atoms with Gasteiger partial charge in [0.05, 0.1) is 11.6 Å². The molecule has 0 fully saturated rings. The van der Waals surface area contributed by atoms with Gasteiger partial charge in [0.15, 0.2) is 11.5 Å². The first-order chi connectivity index (χ1) is 13.5. The molecule has 0 spiro atoms. The highest BCUT2D eigenvalue weighted by molar-refractivity contribution is 9.10. The number of fused-ring (bicyclic) bond motifs is 1. The molecule has 3 aromatic rings. The van der Waals surface area contributed by atoms with E-state index in [1.165, 1.54) is 13.2 Å². The van der Waals surface area contributed by atoms with Crippen molar-refractivity contribution < 1.29 is 14.3 Å². The number of nitrogens with two attached hydrogens (primary N) is 1. The van der Waals surface area contributed by atoms with Crippen molar-refractivity contribution in [1.82, 2.24) is 0 Å². The Morgan fingerprint density at radius 3 is 2.68 bits per heavy atom. The Hall–Kier alpha value is -3.30. The highest BCUT2D eigenvalue weighted by Crippen LogP contribution is 2.38. The van der Waals surface area contributed by atoms with Gasteiger partial charge in [0.25, 0.3) is 5.91 Å². The van der Waals surface area contributed by atoms with Crippen molar-refractivity contribution in [2.45, 2.75) is 6.61 Å². The molecule has 140 valence electrons. The summed E-state index contributed by atoms with van der Waals surface area (Å²) < 4.78 is 12.1. The number of halogens is 1. The van der Waals surface area contributed by atoms with Gasteiger partial charge in [-0.1, -0.05) is 42.5 Å². The molecule has 3 aromatic carbocycles. The van der Waals surface area contributed by atoms with E-state index < -0.39 is 5.91 Å². The highest BCUT2D eigenvalue weighted by atomic mass is 79.9. The van der Waals surface area contributed by atoms with E-state index in [0.29, 0.717) is 28.1 Å². The largest absolute Gasteiger partial charge is 0.493 e. The monoisotopic (exact) mass is 436 g/mol. The number of amides is 1. The van der Waals surface area contributed by atoms with Crippen molar-refractivity contribution in [2.75, 3.05) is 7.11 Å². The quantitative estimate of drug-likeness (QED) is 0.452. The van der Waals surface area contributed by atoms with Crippen LogP contribution in [0.5, 0.6) is 11.5 Å². The van der Waals surface area contributed by atoms with Crippen LogP contribution in [0.25, 0.3) is 16.8 Å². The molecule has 0 heterocycles. The van der Waals surface area contributed by atoms with Crippen LogP contribution in [0, 0.1) is 11.3 Å². The van der Waals surface area contributed by atoms with Crippen LogP contribution in [0.3, 0.4) is 0 Å². The van der Waals surface area contributed by atoms with Crippen LogP contribution in [-0.2, 0) is 11.4 Å². The minimum Gasteiger partial charge on any atom is -0.493 e. The predicted octanol–water partition coefficient (Wildman–Crippen LogP) is 4.58. The van der Waals surface area contributed by atoms with E-state index in [-0.39, 0.29) is 5.57 Å². The minimum atomic E-state index is -0.783. The fraction of sp³-hybridized carbons (Fsp3) is 0.0909. The van der Waals surface area contributed by atoms with Crippen molar-refractivity contribution >= 4 is 38.7 Å². The van der Waals surface area contributed by atoms with Crippen molar-refractivity contribution in [2.24, 2.45) is 5.73 Å². The van der Waals surface area contributed by atoms with Gasteiger partial charge < -0.3 is 15.2 Å². The van der Waals surface area contributed by atoms with E-state index in [0.717, 1.165) is 16.3 Å². The molecule has 1 amide bonds. The summed E-state index contributed by atoms with van der Waals surface area (Å²) >= 11 is 3.48. The zero-order valence-corrected chi connectivity index (χ0v) is 16.7.